The topological polar surface area (TPSA) is 24.1 Å². The summed E-state index contributed by atoms with van der Waals surface area (Å²) in [6.07, 6.45) is 5.10. The highest BCUT2D eigenvalue weighted by Gasteiger charge is 1.99. The van der Waals surface area contributed by atoms with Crippen LogP contribution < -0.4 is 10.6 Å². The molecule has 0 unspecified atom stereocenters. The third-order valence-corrected chi connectivity index (χ3v) is 3.61. The zero-order chi connectivity index (χ0) is 10.2. The van der Waals surface area contributed by atoms with Gasteiger partial charge in [-0.3, -0.25) is 0 Å². The minimum atomic E-state index is 0.643. The first-order valence-corrected chi connectivity index (χ1v) is 6.08. The van der Waals surface area contributed by atoms with E-state index in [2.05, 4.69) is 43.9 Å². The second-order valence-corrected chi connectivity index (χ2v) is 4.60. The second kappa shape index (κ2) is 7.02. The molecule has 0 saturated heterocycles. The van der Waals surface area contributed by atoms with Crippen LogP contribution in [-0.4, -0.2) is 19.6 Å². The van der Waals surface area contributed by atoms with Crippen molar-refractivity contribution in [2.75, 3.05) is 19.6 Å². The van der Waals surface area contributed by atoms with Gasteiger partial charge in [-0.2, -0.15) is 0 Å². The molecule has 1 rings (SSSR count). The smallest absolute Gasteiger partial charge is 0.0574 e. The average molecular weight is 273 g/mol. The summed E-state index contributed by atoms with van der Waals surface area (Å²) in [4.78, 5) is 1.34. The fraction of sp³-hybridized carbons (Fsp3) is 0.400. The van der Waals surface area contributed by atoms with E-state index in [9.17, 15) is 0 Å². The largest absolute Gasteiger partial charge is 0.311 e. The molecule has 0 atom stereocenters. The van der Waals surface area contributed by atoms with Crippen LogP contribution in [-0.2, 0) is 6.54 Å². The predicted octanol–water partition coefficient (Wildman–Crippen LogP) is 1.82. The van der Waals surface area contributed by atoms with Crippen LogP contribution in [0.15, 0.2) is 15.9 Å². The minimum Gasteiger partial charge on any atom is -0.311 e. The number of rotatable bonds is 6. The van der Waals surface area contributed by atoms with Gasteiger partial charge >= 0.3 is 0 Å². The molecule has 0 amide bonds. The Hall–Kier alpha value is -0.340. The molecule has 0 radical (unpaired) electrons. The molecule has 0 aliphatic heterocycles. The van der Waals surface area contributed by atoms with Gasteiger partial charge in [0.05, 0.1) is 6.54 Å². The number of hydrogen-bond donors (Lipinski definition) is 2. The minimum absolute atomic E-state index is 0.643. The summed E-state index contributed by atoms with van der Waals surface area (Å²) < 4.78 is 1.19. The summed E-state index contributed by atoms with van der Waals surface area (Å²) in [6, 6.07) is 2.07. The summed E-state index contributed by atoms with van der Waals surface area (Å²) >= 11 is 5.24. The highest BCUT2D eigenvalue weighted by atomic mass is 79.9. The molecule has 0 spiro atoms. The van der Waals surface area contributed by atoms with Crippen molar-refractivity contribution < 1.29 is 0 Å². The molecule has 1 aromatic rings. The SMILES string of the molecule is C#CCNCCNCc1sccc1Br. The van der Waals surface area contributed by atoms with Gasteiger partial charge in [-0.1, -0.05) is 5.92 Å². The van der Waals surface area contributed by atoms with E-state index in [0.717, 1.165) is 19.6 Å². The van der Waals surface area contributed by atoms with Crippen LogP contribution in [0, 0.1) is 12.3 Å². The van der Waals surface area contributed by atoms with Gasteiger partial charge in [-0.25, -0.2) is 0 Å². The van der Waals surface area contributed by atoms with Crippen LogP contribution >= 0.6 is 27.3 Å². The van der Waals surface area contributed by atoms with Gasteiger partial charge < -0.3 is 10.6 Å². The van der Waals surface area contributed by atoms with E-state index in [1.54, 1.807) is 11.3 Å². The summed E-state index contributed by atoms with van der Waals surface area (Å²) in [7, 11) is 0. The molecule has 0 aliphatic rings. The molecule has 0 fully saturated rings. The van der Waals surface area contributed by atoms with E-state index in [4.69, 9.17) is 6.42 Å². The molecular formula is C10H13BrN2S. The van der Waals surface area contributed by atoms with Crippen molar-refractivity contribution in [3.05, 3.63) is 20.8 Å². The maximum atomic E-state index is 5.10. The highest BCUT2D eigenvalue weighted by molar-refractivity contribution is 9.10. The van der Waals surface area contributed by atoms with Crippen molar-refractivity contribution >= 4 is 27.3 Å². The summed E-state index contributed by atoms with van der Waals surface area (Å²) in [5, 5.41) is 8.54. The Balaban J connectivity index is 2.05. The van der Waals surface area contributed by atoms with Gasteiger partial charge in [0.15, 0.2) is 0 Å². The van der Waals surface area contributed by atoms with Crippen molar-refractivity contribution in [3.63, 3.8) is 0 Å². The van der Waals surface area contributed by atoms with E-state index in [1.807, 2.05) is 0 Å². The lowest BCUT2D eigenvalue weighted by Crippen LogP contribution is -2.27. The standard InChI is InChI=1S/C10H13BrN2S/c1-2-4-12-5-6-13-8-10-9(11)3-7-14-10/h1,3,7,12-13H,4-6,8H2. The Morgan fingerprint density at radius 3 is 2.86 bits per heavy atom. The predicted molar refractivity (Wildman–Crippen MR) is 65.4 cm³/mol. The lowest BCUT2D eigenvalue weighted by atomic mass is 10.4. The normalized spacial score (nSPS) is 10.0. The third-order valence-electron chi connectivity index (χ3n) is 1.68. The Labute approximate surface area is 97.2 Å². The number of halogens is 1. The first-order valence-electron chi connectivity index (χ1n) is 4.41. The second-order valence-electron chi connectivity index (χ2n) is 2.75. The molecule has 4 heteroatoms. The molecule has 1 heterocycles. The van der Waals surface area contributed by atoms with Crippen LogP contribution in [0.5, 0.6) is 0 Å². The molecule has 0 aromatic carbocycles. The fourth-order valence-corrected chi connectivity index (χ4v) is 2.45. The van der Waals surface area contributed by atoms with Crippen molar-refractivity contribution in [2.45, 2.75) is 6.54 Å². The molecule has 14 heavy (non-hydrogen) atoms. The van der Waals surface area contributed by atoms with Gasteiger partial charge in [0, 0.05) is 29.0 Å². The van der Waals surface area contributed by atoms with Crippen LogP contribution in [0.2, 0.25) is 0 Å². The summed E-state index contributed by atoms with van der Waals surface area (Å²) in [5.41, 5.74) is 0. The average Bonchev–Trinajstić information content (AvgIpc) is 2.58. The van der Waals surface area contributed by atoms with Gasteiger partial charge in [0.25, 0.3) is 0 Å². The monoisotopic (exact) mass is 272 g/mol. The highest BCUT2D eigenvalue weighted by Crippen LogP contribution is 2.21. The van der Waals surface area contributed by atoms with E-state index < -0.39 is 0 Å². The van der Waals surface area contributed by atoms with Gasteiger partial charge in [0.2, 0.25) is 0 Å². The Bertz CT molecular complexity index is 303. The molecule has 0 bridgehead atoms. The van der Waals surface area contributed by atoms with Crippen molar-refractivity contribution in [1.29, 1.82) is 0 Å². The maximum absolute atomic E-state index is 5.10. The van der Waals surface area contributed by atoms with Crippen molar-refractivity contribution in [2.24, 2.45) is 0 Å². The maximum Gasteiger partial charge on any atom is 0.0574 e. The van der Waals surface area contributed by atoms with Gasteiger partial charge in [-0.05, 0) is 27.4 Å². The van der Waals surface area contributed by atoms with Crippen LogP contribution in [0.1, 0.15) is 4.88 Å². The quantitative estimate of drug-likeness (QED) is 0.610. The zero-order valence-corrected chi connectivity index (χ0v) is 10.2. The number of thiophene rings is 1. The van der Waals surface area contributed by atoms with Crippen LogP contribution in [0.25, 0.3) is 0 Å². The van der Waals surface area contributed by atoms with Crippen LogP contribution in [0.3, 0.4) is 0 Å². The zero-order valence-electron chi connectivity index (χ0n) is 7.85. The Morgan fingerprint density at radius 2 is 2.21 bits per heavy atom. The first-order chi connectivity index (χ1) is 6.84. The van der Waals surface area contributed by atoms with Crippen molar-refractivity contribution in [1.82, 2.24) is 10.6 Å². The lowest BCUT2D eigenvalue weighted by Gasteiger charge is -2.03. The van der Waals surface area contributed by atoms with Gasteiger partial charge in [-0.15, -0.1) is 17.8 Å². The molecule has 2 nitrogen and oxygen atoms in total. The molecule has 0 saturated carbocycles. The molecular weight excluding hydrogens is 260 g/mol. The van der Waals surface area contributed by atoms with E-state index in [1.165, 1.54) is 9.35 Å². The van der Waals surface area contributed by atoms with Crippen molar-refractivity contribution in [3.8, 4) is 12.3 Å². The first kappa shape index (κ1) is 11.7. The lowest BCUT2D eigenvalue weighted by molar-refractivity contribution is 0.641. The van der Waals surface area contributed by atoms with Gasteiger partial charge in [0.1, 0.15) is 0 Å². The number of nitrogens with one attached hydrogen (secondary N) is 2. The molecule has 0 aliphatic carbocycles. The molecule has 2 N–H and O–H groups in total. The summed E-state index contributed by atoms with van der Waals surface area (Å²) in [5.74, 6) is 2.54. The number of terminal acetylenes is 1. The third kappa shape index (κ3) is 4.25. The van der Waals surface area contributed by atoms with E-state index in [0.29, 0.717) is 6.54 Å². The Morgan fingerprint density at radius 1 is 1.43 bits per heavy atom. The Kier molecular flexibility index (Phi) is 5.88. The van der Waals surface area contributed by atoms with E-state index >= 15 is 0 Å². The molecule has 1 aromatic heterocycles. The molecule has 76 valence electrons. The fourth-order valence-electron chi connectivity index (χ4n) is 0.990. The van der Waals surface area contributed by atoms with Crippen LogP contribution in [0.4, 0.5) is 0 Å². The summed E-state index contributed by atoms with van der Waals surface area (Å²) in [6.45, 7) is 3.40. The van der Waals surface area contributed by atoms with E-state index in [-0.39, 0.29) is 0 Å². The number of hydrogen-bond acceptors (Lipinski definition) is 3.